The molecule has 0 bridgehead atoms. The van der Waals surface area contributed by atoms with Gasteiger partial charge in [0.1, 0.15) is 29.3 Å². The van der Waals surface area contributed by atoms with Gasteiger partial charge in [0.2, 0.25) is 5.91 Å². The minimum atomic E-state index is -2.67. The van der Waals surface area contributed by atoms with Crippen molar-refractivity contribution in [3.8, 4) is 0 Å². The van der Waals surface area contributed by atoms with Crippen LogP contribution in [0.5, 0.6) is 0 Å². The second-order valence-corrected chi connectivity index (χ2v) is 13.0. The van der Waals surface area contributed by atoms with Gasteiger partial charge in [0, 0.05) is 69.5 Å². The summed E-state index contributed by atoms with van der Waals surface area (Å²) in [6.07, 6.45) is 6.68. The first-order valence-corrected chi connectivity index (χ1v) is 15.8. The zero-order valence-corrected chi connectivity index (χ0v) is 25.1. The monoisotopic (exact) mass is 607 g/mol. The first kappa shape index (κ1) is 28.1. The molecule has 4 atom stereocenters. The Bertz CT molecular complexity index is 1490. The molecule has 0 saturated carbocycles. The van der Waals surface area contributed by atoms with Gasteiger partial charge in [0.25, 0.3) is 6.43 Å². The molecule has 0 aliphatic carbocycles. The molecule has 1 spiro atoms. The number of nitrogens with zero attached hydrogens (tertiary/aromatic N) is 7. The quantitative estimate of drug-likeness (QED) is 0.491. The summed E-state index contributed by atoms with van der Waals surface area (Å²) >= 11 is 0. The molecule has 4 fully saturated rings. The van der Waals surface area contributed by atoms with Crippen molar-refractivity contribution >= 4 is 23.5 Å². The van der Waals surface area contributed by atoms with Crippen molar-refractivity contribution in [3.05, 3.63) is 53.5 Å². The zero-order chi connectivity index (χ0) is 30.2. The Hall–Kier alpha value is -3.35. The van der Waals surface area contributed by atoms with Crippen LogP contribution in [0.3, 0.4) is 0 Å². The summed E-state index contributed by atoms with van der Waals surface area (Å²) in [5.74, 6) is 0.577. The first-order chi connectivity index (χ1) is 21.4. The van der Waals surface area contributed by atoms with E-state index in [2.05, 4.69) is 37.9 Å². The van der Waals surface area contributed by atoms with Crippen LogP contribution in [-0.2, 0) is 19.9 Å². The number of halogens is 2. The summed E-state index contributed by atoms with van der Waals surface area (Å²) in [4.78, 5) is 25.4. The Kier molecular flexibility index (Phi) is 6.80. The van der Waals surface area contributed by atoms with E-state index in [1.807, 2.05) is 29.3 Å². The molecule has 4 unspecified atom stereocenters. The molecule has 6 aliphatic rings. The minimum absolute atomic E-state index is 0.0260. The Morgan fingerprint density at radius 3 is 2.66 bits per heavy atom. The van der Waals surface area contributed by atoms with Crippen molar-refractivity contribution in [2.24, 2.45) is 0 Å². The molecule has 12 heteroatoms. The van der Waals surface area contributed by atoms with E-state index in [4.69, 9.17) is 14.6 Å². The van der Waals surface area contributed by atoms with Crippen LogP contribution in [0.15, 0.2) is 31.0 Å². The van der Waals surface area contributed by atoms with Gasteiger partial charge < -0.3 is 24.2 Å². The van der Waals surface area contributed by atoms with E-state index in [-0.39, 0.29) is 29.8 Å². The maximum atomic E-state index is 14.5. The van der Waals surface area contributed by atoms with Crippen LogP contribution in [0.1, 0.15) is 54.2 Å². The average molecular weight is 608 g/mol. The molecule has 2 aromatic heterocycles. The summed E-state index contributed by atoms with van der Waals surface area (Å²) < 4.78 is 43.7. The molecule has 8 rings (SSSR count). The third-order valence-electron chi connectivity index (χ3n) is 10.7. The van der Waals surface area contributed by atoms with E-state index >= 15 is 0 Å². The topological polar surface area (TPSA) is 79.2 Å². The summed E-state index contributed by atoms with van der Waals surface area (Å²) in [5, 5.41) is 4.70. The zero-order valence-electron chi connectivity index (χ0n) is 25.1. The van der Waals surface area contributed by atoms with Crippen molar-refractivity contribution in [3.63, 3.8) is 0 Å². The summed E-state index contributed by atoms with van der Waals surface area (Å²) in [6, 6.07) is 2.63. The number of ether oxygens (including phenoxy) is 2. The Morgan fingerprint density at radius 1 is 1.11 bits per heavy atom. The number of aryl methyl sites for hydroxylation is 1. The highest BCUT2D eigenvalue weighted by Gasteiger charge is 2.51. The standard InChI is InChI=1S/C32H39F2N7O3/c1-3-28(42)39-13-11-37(12-14-39)24-17-40-22(24)6-4-5-21-23(40)15-27(36-29(21)31(33)34)38-9-7-32(8-10-38)30-20(2)16-35-41(30)25-18-43-19-26(25)44-32/h3-5,15-16,22,24-26,31H,1,6-14,17-19H2,2H3. The van der Waals surface area contributed by atoms with Crippen molar-refractivity contribution in [2.75, 3.05) is 68.8 Å². The van der Waals surface area contributed by atoms with Gasteiger partial charge in [0.05, 0.1) is 30.8 Å². The molecule has 2 aromatic rings. The smallest absolute Gasteiger partial charge is 0.281 e. The number of piperidine rings is 1. The maximum absolute atomic E-state index is 14.5. The number of pyridine rings is 1. The molecule has 8 heterocycles. The molecule has 10 nitrogen and oxygen atoms in total. The molecular weight excluding hydrogens is 568 g/mol. The summed E-state index contributed by atoms with van der Waals surface area (Å²) in [6.45, 7) is 11.9. The number of hydrogen-bond donors (Lipinski definition) is 0. The second kappa shape index (κ2) is 10.6. The van der Waals surface area contributed by atoms with Crippen LogP contribution in [0.2, 0.25) is 0 Å². The Balaban J connectivity index is 1.03. The van der Waals surface area contributed by atoms with E-state index in [1.165, 1.54) is 6.08 Å². The number of rotatable bonds is 4. The van der Waals surface area contributed by atoms with Gasteiger partial charge >= 0.3 is 0 Å². The largest absolute Gasteiger partial charge is 0.376 e. The molecule has 0 aromatic carbocycles. The molecule has 4 saturated heterocycles. The molecule has 44 heavy (non-hydrogen) atoms. The van der Waals surface area contributed by atoms with Gasteiger partial charge in [-0.05, 0) is 37.8 Å². The van der Waals surface area contributed by atoms with Gasteiger partial charge in [-0.3, -0.25) is 14.4 Å². The third-order valence-corrected chi connectivity index (χ3v) is 10.7. The molecule has 0 N–H and O–H groups in total. The molecule has 6 aliphatic heterocycles. The number of anilines is 2. The molecule has 234 valence electrons. The lowest BCUT2D eigenvalue weighted by Crippen LogP contribution is -2.69. The van der Waals surface area contributed by atoms with Crippen LogP contribution < -0.4 is 9.80 Å². The highest BCUT2D eigenvalue weighted by Crippen LogP contribution is 2.48. The number of alkyl halides is 2. The number of piperazine rings is 1. The van der Waals surface area contributed by atoms with Gasteiger partial charge in [-0.2, -0.15) is 5.10 Å². The fraction of sp³-hybridized carbons (Fsp3) is 0.594. The van der Waals surface area contributed by atoms with Crippen LogP contribution in [0.4, 0.5) is 20.3 Å². The number of fused-ring (bicyclic) bond motifs is 7. The third kappa shape index (κ3) is 4.32. The fourth-order valence-electron chi connectivity index (χ4n) is 8.39. The number of hydrogen-bond acceptors (Lipinski definition) is 8. The average Bonchev–Trinajstić information content (AvgIpc) is 3.62. The van der Waals surface area contributed by atoms with E-state index in [0.717, 1.165) is 55.8 Å². The lowest BCUT2D eigenvalue weighted by Gasteiger charge is -2.55. The summed E-state index contributed by atoms with van der Waals surface area (Å²) in [7, 11) is 0. The maximum Gasteiger partial charge on any atom is 0.281 e. The second-order valence-electron chi connectivity index (χ2n) is 13.0. The minimum Gasteiger partial charge on any atom is -0.376 e. The number of carbonyl (C=O) groups is 1. The van der Waals surface area contributed by atoms with E-state index < -0.39 is 12.0 Å². The Morgan fingerprint density at radius 2 is 1.91 bits per heavy atom. The van der Waals surface area contributed by atoms with Crippen molar-refractivity contribution in [1.82, 2.24) is 24.6 Å². The molecule has 1 amide bonds. The number of aromatic nitrogens is 3. The predicted octanol–water partition coefficient (Wildman–Crippen LogP) is 3.29. The molecule has 0 radical (unpaired) electrons. The number of carbonyl (C=O) groups excluding carboxylic acids is 1. The SMILES string of the molecule is C=CC(=O)N1CCN(C2CN3c4cc(N5CCC6(CC5)OC5COCC5n5ncc(C)c56)nc(C(F)F)c4C=CCC23)CC1. The first-order valence-electron chi connectivity index (χ1n) is 15.8. The van der Waals surface area contributed by atoms with Crippen molar-refractivity contribution in [2.45, 2.75) is 62.4 Å². The Labute approximate surface area is 255 Å². The van der Waals surface area contributed by atoms with Crippen LogP contribution in [0.25, 0.3) is 6.08 Å². The predicted molar refractivity (Wildman–Crippen MR) is 161 cm³/mol. The van der Waals surface area contributed by atoms with Crippen LogP contribution in [0, 0.1) is 6.92 Å². The van der Waals surface area contributed by atoms with E-state index in [9.17, 15) is 13.6 Å². The normalized spacial score (nSPS) is 29.1. The van der Waals surface area contributed by atoms with Crippen LogP contribution in [-0.4, -0.2) is 108 Å². The van der Waals surface area contributed by atoms with Crippen molar-refractivity contribution < 1.29 is 23.0 Å². The molecular formula is C32H39F2N7O3. The van der Waals surface area contributed by atoms with Crippen LogP contribution >= 0.6 is 0 Å². The van der Waals surface area contributed by atoms with Crippen molar-refractivity contribution in [1.29, 1.82) is 0 Å². The van der Waals surface area contributed by atoms with E-state index in [1.54, 1.807) is 0 Å². The van der Waals surface area contributed by atoms with E-state index in [0.29, 0.717) is 56.8 Å². The number of amides is 1. The fourth-order valence-corrected chi connectivity index (χ4v) is 8.39. The van der Waals surface area contributed by atoms with Gasteiger partial charge in [0.15, 0.2) is 0 Å². The van der Waals surface area contributed by atoms with Gasteiger partial charge in [-0.1, -0.05) is 18.7 Å². The highest BCUT2D eigenvalue weighted by molar-refractivity contribution is 5.87. The summed E-state index contributed by atoms with van der Waals surface area (Å²) in [5.41, 5.74) is 3.00. The van der Waals surface area contributed by atoms with Gasteiger partial charge in [-0.25, -0.2) is 13.8 Å². The van der Waals surface area contributed by atoms with Gasteiger partial charge in [-0.15, -0.1) is 0 Å². The lowest BCUT2D eigenvalue weighted by molar-refractivity contribution is -0.147. The lowest BCUT2D eigenvalue weighted by atomic mass is 9.83. The highest BCUT2D eigenvalue weighted by atomic mass is 19.3.